The fourth-order valence-electron chi connectivity index (χ4n) is 0.149. The molecule has 0 saturated carbocycles. The van der Waals surface area contributed by atoms with Gasteiger partial charge in [0, 0.05) is 6.54 Å². The Morgan fingerprint density at radius 1 is 1.50 bits per heavy atom. The first-order valence-electron chi connectivity index (χ1n) is 1.71. The molecule has 0 amide bonds. The van der Waals surface area contributed by atoms with Crippen LogP contribution in [0.4, 0.5) is 0 Å². The van der Waals surface area contributed by atoms with Crippen LogP contribution in [-0.4, -0.2) is 76.7 Å². The second-order valence-corrected chi connectivity index (χ2v) is 2.65. The zero-order chi connectivity index (χ0) is 5.91. The van der Waals surface area contributed by atoms with Crippen molar-refractivity contribution in [2.45, 2.75) is 0 Å². The van der Waals surface area contributed by atoms with Gasteiger partial charge in [-0.25, -0.2) is 0 Å². The summed E-state index contributed by atoms with van der Waals surface area (Å²) in [7, 11) is -3.80. The second-order valence-electron chi connectivity index (χ2n) is 1.07. The van der Waals surface area contributed by atoms with E-state index in [4.69, 9.17) is 10.3 Å². The Morgan fingerprint density at radius 2 is 1.88 bits per heavy atom. The van der Waals surface area contributed by atoms with Crippen molar-refractivity contribution < 1.29 is 13.0 Å². The summed E-state index contributed by atoms with van der Waals surface area (Å²) in [5, 5.41) is 0. The van der Waals surface area contributed by atoms with E-state index in [9.17, 15) is 8.42 Å². The molecule has 0 unspecified atom stereocenters. The number of nitrogens with two attached hydrogens (primary N) is 1. The number of hydrogen-bond acceptors (Lipinski definition) is 3. The first kappa shape index (κ1) is 12.2. The van der Waals surface area contributed by atoms with Crippen LogP contribution in [0, 0.1) is 0 Å². The van der Waals surface area contributed by atoms with E-state index < -0.39 is 10.1 Å². The molecule has 0 radical (unpaired) electrons. The van der Waals surface area contributed by atoms with Gasteiger partial charge >= 0.3 is 51.4 Å². The van der Waals surface area contributed by atoms with Crippen molar-refractivity contribution in [1.82, 2.24) is 0 Å². The fourth-order valence-corrected chi connectivity index (χ4v) is 0.447. The quantitative estimate of drug-likeness (QED) is 0.373. The van der Waals surface area contributed by atoms with E-state index in [0.29, 0.717) is 0 Å². The van der Waals surface area contributed by atoms with E-state index in [2.05, 4.69) is 0 Å². The van der Waals surface area contributed by atoms with Gasteiger partial charge in [0.25, 0.3) is 10.1 Å². The van der Waals surface area contributed by atoms with Crippen LogP contribution in [0.1, 0.15) is 0 Å². The van der Waals surface area contributed by atoms with Crippen LogP contribution in [0.2, 0.25) is 0 Å². The molecule has 0 fully saturated rings. The number of hydrogen-bond donors (Lipinski definition) is 2. The normalized spacial score (nSPS) is 10.2. The van der Waals surface area contributed by atoms with E-state index >= 15 is 0 Å². The molecule has 0 saturated heterocycles. The Hall–Kier alpha value is 1.51. The van der Waals surface area contributed by atoms with E-state index in [0.717, 1.165) is 0 Å². The molecule has 4 nitrogen and oxygen atoms in total. The van der Waals surface area contributed by atoms with Crippen LogP contribution in [0.5, 0.6) is 0 Å². The molecule has 0 aromatic carbocycles. The van der Waals surface area contributed by atoms with Gasteiger partial charge in [-0.3, -0.25) is 4.55 Å². The molecule has 0 bridgehead atoms. The van der Waals surface area contributed by atoms with Crippen molar-refractivity contribution in [2.24, 2.45) is 5.73 Å². The van der Waals surface area contributed by atoms with Crippen LogP contribution in [0.3, 0.4) is 0 Å². The van der Waals surface area contributed by atoms with E-state index in [1.807, 2.05) is 0 Å². The van der Waals surface area contributed by atoms with E-state index in [-0.39, 0.29) is 63.7 Å². The molecular weight excluding hydrogens is 157 g/mol. The third kappa shape index (κ3) is 10.5. The van der Waals surface area contributed by atoms with Gasteiger partial charge in [-0.2, -0.15) is 8.42 Å². The van der Waals surface area contributed by atoms with E-state index in [1.165, 1.54) is 0 Å². The molecule has 8 heavy (non-hydrogen) atoms. The SMILES string of the molecule is NCCS(=O)(=O)O.[KH]. The third-order valence-electron chi connectivity index (χ3n) is 0.376. The van der Waals surface area contributed by atoms with Crippen LogP contribution < -0.4 is 5.73 Å². The van der Waals surface area contributed by atoms with Crippen molar-refractivity contribution in [1.29, 1.82) is 0 Å². The minimum absolute atomic E-state index is 0. The van der Waals surface area contributed by atoms with Crippen LogP contribution in [0.25, 0.3) is 0 Å². The Balaban J connectivity index is 0. The van der Waals surface area contributed by atoms with Crippen molar-refractivity contribution in [2.75, 3.05) is 12.3 Å². The van der Waals surface area contributed by atoms with Crippen molar-refractivity contribution in [3.05, 3.63) is 0 Å². The Morgan fingerprint density at radius 3 is 1.88 bits per heavy atom. The molecule has 3 N–H and O–H groups in total. The molecule has 0 aliphatic heterocycles. The second kappa shape index (κ2) is 5.30. The Kier molecular flexibility index (Phi) is 8.09. The van der Waals surface area contributed by atoms with Gasteiger partial charge in [0.15, 0.2) is 0 Å². The standard InChI is InChI=1S/C2H7NO3S.K.H/c3-1-2-7(4,5)6;;/h1-3H2,(H,4,5,6);;. The summed E-state index contributed by atoms with van der Waals surface area (Å²) in [6.07, 6.45) is 0. The van der Waals surface area contributed by atoms with Crippen molar-refractivity contribution in [3.63, 3.8) is 0 Å². The molecule has 0 aromatic rings. The van der Waals surface area contributed by atoms with Crippen LogP contribution >= 0.6 is 0 Å². The predicted octanol–water partition coefficient (Wildman–Crippen LogP) is -1.82. The average molecular weight is 165 g/mol. The minimum atomic E-state index is -3.80. The van der Waals surface area contributed by atoms with Crippen LogP contribution in [-0.2, 0) is 10.1 Å². The monoisotopic (exact) mass is 165 g/mol. The molecule has 0 heterocycles. The molecular formula is C2H8KNO3S. The molecule has 0 rings (SSSR count). The van der Waals surface area contributed by atoms with Crippen molar-refractivity contribution in [3.8, 4) is 0 Å². The summed E-state index contributed by atoms with van der Waals surface area (Å²) in [4.78, 5) is 0. The van der Waals surface area contributed by atoms with Crippen LogP contribution in [0.15, 0.2) is 0 Å². The van der Waals surface area contributed by atoms with E-state index in [1.54, 1.807) is 0 Å². The molecule has 0 aromatic heterocycles. The summed E-state index contributed by atoms with van der Waals surface area (Å²) in [6.45, 7) is -0.0289. The van der Waals surface area contributed by atoms with Gasteiger partial charge in [0.05, 0.1) is 5.75 Å². The van der Waals surface area contributed by atoms with Gasteiger partial charge in [0.1, 0.15) is 0 Å². The Bertz CT molecular complexity index is 130. The molecule has 0 aliphatic carbocycles. The van der Waals surface area contributed by atoms with Gasteiger partial charge in [0.2, 0.25) is 0 Å². The van der Waals surface area contributed by atoms with Gasteiger partial charge in [-0.15, -0.1) is 0 Å². The predicted molar refractivity (Wildman–Crippen MR) is 32.6 cm³/mol. The van der Waals surface area contributed by atoms with Gasteiger partial charge in [-0.05, 0) is 0 Å². The maximum absolute atomic E-state index is 9.71. The maximum atomic E-state index is 9.71. The number of rotatable bonds is 2. The summed E-state index contributed by atoms with van der Waals surface area (Å²) in [5.74, 6) is -0.354. The first-order valence-corrected chi connectivity index (χ1v) is 3.32. The van der Waals surface area contributed by atoms with Gasteiger partial charge in [-0.1, -0.05) is 0 Å². The topological polar surface area (TPSA) is 80.4 Å². The zero-order valence-corrected chi connectivity index (χ0v) is 4.48. The Labute approximate surface area is 91.0 Å². The van der Waals surface area contributed by atoms with Crippen molar-refractivity contribution >= 4 is 61.5 Å². The zero-order valence-electron chi connectivity index (χ0n) is 3.66. The summed E-state index contributed by atoms with van der Waals surface area (Å²) < 4.78 is 27.3. The average Bonchev–Trinajstić information content (AvgIpc) is 1.30. The van der Waals surface area contributed by atoms with Gasteiger partial charge < -0.3 is 5.73 Å². The molecule has 46 valence electrons. The molecule has 0 spiro atoms. The first-order chi connectivity index (χ1) is 3.06. The molecule has 0 atom stereocenters. The molecule has 6 heteroatoms. The third-order valence-corrected chi connectivity index (χ3v) is 1.13. The summed E-state index contributed by atoms with van der Waals surface area (Å²) in [5.41, 5.74) is 4.78. The molecule has 0 aliphatic rings. The summed E-state index contributed by atoms with van der Waals surface area (Å²) in [6, 6.07) is 0. The summed E-state index contributed by atoms with van der Waals surface area (Å²) >= 11 is 0. The fraction of sp³-hybridized carbons (Fsp3) is 1.00.